The van der Waals surface area contributed by atoms with E-state index in [1.54, 1.807) is 31.4 Å². The smallest absolute Gasteiger partial charge is 0.166 e. The normalized spacial score (nSPS) is 10.8. The lowest BCUT2D eigenvalue weighted by Gasteiger charge is -2.13. The van der Waals surface area contributed by atoms with E-state index in [1.165, 1.54) is 0 Å². The van der Waals surface area contributed by atoms with Gasteiger partial charge >= 0.3 is 0 Å². The first-order chi connectivity index (χ1) is 10.6. The number of phenolic OH excluding ortho intramolecular Hbond substituents is 3. The molecule has 4 heteroatoms. The van der Waals surface area contributed by atoms with Crippen molar-refractivity contribution in [3.63, 3.8) is 0 Å². The third-order valence-electron chi connectivity index (χ3n) is 3.77. The number of hydrogen-bond donors (Lipinski definition) is 3. The van der Waals surface area contributed by atoms with Crippen molar-refractivity contribution in [2.45, 2.75) is 6.42 Å². The van der Waals surface area contributed by atoms with Gasteiger partial charge in [0.05, 0.1) is 7.11 Å². The Morgan fingerprint density at radius 1 is 0.773 bits per heavy atom. The summed E-state index contributed by atoms with van der Waals surface area (Å²) in [6.45, 7) is 0. The van der Waals surface area contributed by atoms with E-state index in [1.807, 2.05) is 24.3 Å². The van der Waals surface area contributed by atoms with Crippen molar-refractivity contribution in [3.05, 3.63) is 59.7 Å². The monoisotopic (exact) mass is 296 g/mol. The lowest BCUT2D eigenvalue weighted by molar-refractivity contribution is 0.396. The molecule has 0 fully saturated rings. The Bertz CT molecular complexity index is 823. The lowest BCUT2D eigenvalue weighted by Crippen LogP contribution is -1.92. The zero-order valence-electron chi connectivity index (χ0n) is 12.1. The van der Waals surface area contributed by atoms with Crippen LogP contribution in [-0.2, 0) is 6.42 Å². The highest BCUT2D eigenvalue weighted by molar-refractivity contribution is 5.96. The SMILES string of the molecule is COc1ccc(Cc2c(O)c(O)c3ccccc3c2O)cc1. The van der Waals surface area contributed by atoms with Gasteiger partial charge < -0.3 is 20.1 Å². The molecule has 0 aromatic heterocycles. The topological polar surface area (TPSA) is 69.9 Å². The lowest BCUT2D eigenvalue weighted by atomic mass is 9.97. The molecule has 3 aromatic carbocycles. The first kappa shape index (κ1) is 14.1. The average Bonchev–Trinajstić information content (AvgIpc) is 2.57. The minimum Gasteiger partial charge on any atom is -0.507 e. The standard InChI is InChI=1S/C18H16O4/c1-22-12-8-6-11(7-9-12)10-15-16(19)13-4-2-3-5-14(13)17(20)18(15)21/h2-9,19-21H,10H2,1H3. The molecule has 22 heavy (non-hydrogen) atoms. The summed E-state index contributed by atoms with van der Waals surface area (Å²) < 4.78 is 5.10. The highest BCUT2D eigenvalue weighted by Gasteiger charge is 2.18. The Kier molecular flexibility index (Phi) is 3.51. The first-order valence-electron chi connectivity index (χ1n) is 6.89. The van der Waals surface area contributed by atoms with E-state index in [4.69, 9.17) is 4.74 Å². The summed E-state index contributed by atoms with van der Waals surface area (Å²) >= 11 is 0. The van der Waals surface area contributed by atoms with Gasteiger partial charge in [-0.1, -0.05) is 36.4 Å². The van der Waals surface area contributed by atoms with Gasteiger partial charge in [-0.2, -0.15) is 0 Å². The highest BCUT2D eigenvalue weighted by Crippen LogP contribution is 2.44. The van der Waals surface area contributed by atoms with Crippen molar-refractivity contribution in [1.82, 2.24) is 0 Å². The van der Waals surface area contributed by atoms with Crippen molar-refractivity contribution in [2.24, 2.45) is 0 Å². The predicted molar refractivity (Wildman–Crippen MR) is 84.7 cm³/mol. The Morgan fingerprint density at radius 3 is 1.95 bits per heavy atom. The van der Waals surface area contributed by atoms with Crippen LogP contribution in [0.1, 0.15) is 11.1 Å². The van der Waals surface area contributed by atoms with E-state index >= 15 is 0 Å². The summed E-state index contributed by atoms with van der Waals surface area (Å²) in [5.41, 5.74) is 1.20. The predicted octanol–water partition coefficient (Wildman–Crippen LogP) is 3.56. The molecule has 0 aliphatic carbocycles. The van der Waals surface area contributed by atoms with Crippen molar-refractivity contribution in [3.8, 4) is 23.0 Å². The molecular formula is C18H16O4. The van der Waals surface area contributed by atoms with Crippen LogP contribution in [0.3, 0.4) is 0 Å². The molecule has 0 saturated carbocycles. The van der Waals surface area contributed by atoms with E-state index in [0.29, 0.717) is 22.8 Å². The number of fused-ring (bicyclic) bond motifs is 1. The summed E-state index contributed by atoms with van der Waals surface area (Å²) in [6, 6.07) is 14.2. The molecule has 3 rings (SSSR count). The van der Waals surface area contributed by atoms with E-state index in [0.717, 1.165) is 11.3 Å². The van der Waals surface area contributed by atoms with Gasteiger partial charge in [0, 0.05) is 22.8 Å². The van der Waals surface area contributed by atoms with Crippen LogP contribution in [0.25, 0.3) is 10.8 Å². The molecule has 0 saturated heterocycles. The quantitative estimate of drug-likeness (QED) is 0.510. The number of phenols is 3. The number of benzene rings is 3. The highest BCUT2D eigenvalue weighted by atomic mass is 16.5. The van der Waals surface area contributed by atoms with E-state index in [9.17, 15) is 15.3 Å². The van der Waals surface area contributed by atoms with Gasteiger partial charge in [0.1, 0.15) is 11.5 Å². The maximum absolute atomic E-state index is 10.4. The number of rotatable bonds is 3. The molecule has 0 unspecified atom stereocenters. The molecule has 0 amide bonds. The maximum atomic E-state index is 10.4. The molecular weight excluding hydrogens is 280 g/mol. The van der Waals surface area contributed by atoms with Crippen LogP contribution in [0.4, 0.5) is 0 Å². The van der Waals surface area contributed by atoms with Gasteiger partial charge in [0.15, 0.2) is 11.5 Å². The van der Waals surface area contributed by atoms with Crippen LogP contribution in [0.15, 0.2) is 48.5 Å². The van der Waals surface area contributed by atoms with Crippen molar-refractivity contribution in [2.75, 3.05) is 7.11 Å². The van der Waals surface area contributed by atoms with Crippen LogP contribution in [-0.4, -0.2) is 22.4 Å². The van der Waals surface area contributed by atoms with Gasteiger partial charge in [-0.15, -0.1) is 0 Å². The fourth-order valence-corrected chi connectivity index (χ4v) is 2.56. The second kappa shape index (κ2) is 5.48. The Labute approximate surface area is 127 Å². The third-order valence-corrected chi connectivity index (χ3v) is 3.77. The fourth-order valence-electron chi connectivity index (χ4n) is 2.56. The van der Waals surface area contributed by atoms with Gasteiger partial charge in [0.2, 0.25) is 0 Å². The summed E-state index contributed by atoms with van der Waals surface area (Å²) in [7, 11) is 1.59. The number of hydrogen-bond acceptors (Lipinski definition) is 4. The van der Waals surface area contributed by atoms with Crippen molar-refractivity contribution in [1.29, 1.82) is 0 Å². The van der Waals surface area contributed by atoms with Crippen LogP contribution < -0.4 is 4.74 Å². The molecule has 4 nitrogen and oxygen atoms in total. The Hall–Kier alpha value is -2.88. The molecule has 0 aliphatic rings. The molecule has 0 radical (unpaired) electrons. The Balaban J connectivity index is 2.10. The number of ether oxygens (including phenoxy) is 1. The van der Waals surface area contributed by atoms with Crippen LogP contribution in [0.5, 0.6) is 23.0 Å². The molecule has 112 valence electrons. The largest absolute Gasteiger partial charge is 0.507 e. The summed E-state index contributed by atoms with van der Waals surface area (Å²) in [6.07, 6.45) is 0.306. The summed E-state index contributed by atoms with van der Waals surface area (Å²) in [5.74, 6) is 0.226. The molecule has 0 aliphatic heterocycles. The van der Waals surface area contributed by atoms with Gasteiger partial charge in [-0.25, -0.2) is 0 Å². The minimum absolute atomic E-state index is 0.0123. The fraction of sp³-hybridized carbons (Fsp3) is 0.111. The Morgan fingerprint density at radius 2 is 1.36 bits per heavy atom. The number of methoxy groups -OCH3 is 1. The molecule has 0 bridgehead atoms. The summed E-state index contributed by atoms with van der Waals surface area (Å²) in [5, 5.41) is 31.7. The van der Waals surface area contributed by atoms with E-state index in [-0.39, 0.29) is 17.2 Å². The van der Waals surface area contributed by atoms with Crippen molar-refractivity contribution >= 4 is 10.8 Å². The minimum atomic E-state index is -0.285. The zero-order chi connectivity index (χ0) is 15.7. The maximum Gasteiger partial charge on any atom is 0.166 e. The van der Waals surface area contributed by atoms with Gasteiger partial charge in [-0.05, 0) is 17.7 Å². The zero-order valence-corrected chi connectivity index (χ0v) is 12.1. The van der Waals surface area contributed by atoms with Crippen LogP contribution >= 0.6 is 0 Å². The van der Waals surface area contributed by atoms with E-state index in [2.05, 4.69) is 0 Å². The van der Waals surface area contributed by atoms with Crippen molar-refractivity contribution < 1.29 is 20.1 Å². The van der Waals surface area contributed by atoms with Crippen LogP contribution in [0.2, 0.25) is 0 Å². The van der Waals surface area contributed by atoms with Crippen LogP contribution in [0, 0.1) is 0 Å². The molecule has 3 aromatic rings. The molecule has 0 atom stereocenters. The third kappa shape index (κ3) is 2.29. The first-order valence-corrected chi connectivity index (χ1v) is 6.89. The molecule has 0 spiro atoms. The molecule has 3 N–H and O–H groups in total. The summed E-state index contributed by atoms with van der Waals surface area (Å²) in [4.78, 5) is 0. The van der Waals surface area contributed by atoms with Gasteiger partial charge in [-0.3, -0.25) is 0 Å². The number of aromatic hydroxyl groups is 3. The second-order valence-electron chi connectivity index (χ2n) is 5.09. The second-order valence-corrected chi connectivity index (χ2v) is 5.09. The van der Waals surface area contributed by atoms with Gasteiger partial charge in [0.25, 0.3) is 0 Å². The molecule has 0 heterocycles. The van der Waals surface area contributed by atoms with E-state index < -0.39 is 0 Å². The average molecular weight is 296 g/mol.